The minimum atomic E-state index is -0.546. The molecule has 4 heterocycles. The molecule has 11 nitrogen and oxygen atoms in total. The second kappa shape index (κ2) is 14.7. The number of carbonyl (C=O) groups excluding carboxylic acids is 1. The summed E-state index contributed by atoms with van der Waals surface area (Å²) in [6, 6.07) is 0.567. The summed E-state index contributed by atoms with van der Waals surface area (Å²) in [5.41, 5.74) is 0. The monoisotopic (exact) mass is 578 g/mol. The lowest BCUT2D eigenvalue weighted by molar-refractivity contribution is -0.128. The number of carbonyl (C=O) groups is 1. The Kier molecular flexibility index (Phi) is 10.8. The molecule has 6 rings (SSSR count). The quantitative estimate of drug-likeness (QED) is 0.230. The van der Waals surface area contributed by atoms with Crippen molar-refractivity contribution < 1.29 is 24.1 Å². The first-order chi connectivity index (χ1) is 20.1. The minimum absolute atomic E-state index is 0.0569. The Hall–Kier alpha value is -0.890. The van der Waals surface area contributed by atoms with Crippen molar-refractivity contribution in [2.45, 2.75) is 94.5 Å². The van der Waals surface area contributed by atoms with Gasteiger partial charge in [0.05, 0.1) is 57.2 Å². The van der Waals surface area contributed by atoms with Gasteiger partial charge in [-0.1, -0.05) is 6.42 Å². The number of ether oxygens (including phenoxy) is 3. The molecule has 4 aliphatic heterocycles. The normalized spacial score (nSPS) is 38.2. The SMILES string of the molecule is O=C(NC[C@H](O)CN1CCC2CC(OCC3CNCO3)CCC2C1)C1CC(NC2CCC2)NC(N2CCOCC2)C1. The Morgan fingerprint density at radius 3 is 2.71 bits per heavy atom. The molecule has 0 radical (unpaired) electrons. The van der Waals surface area contributed by atoms with Crippen molar-refractivity contribution >= 4 is 5.91 Å². The molecule has 234 valence electrons. The first-order valence-corrected chi connectivity index (χ1v) is 16.5. The number of nitrogens with zero attached hydrogens (tertiary/aromatic N) is 2. The fourth-order valence-electron chi connectivity index (χ4n) is 7.85. The zero-order chi connectivity index (χ0) is 28.0. The number of nitrogens with one attached hydrogen (secondary N) is 4. The molecule has 0 spiro atoms. The Morgan fingerprint density at radius 1 is 1.05 bits per heavy atom. The summed E-state index contributed by atoms with van der Waals surface area (Å²) in [6.45, 7) is 8.54. The number of amides is 1. The number of piperidine rings is 2. The topological polar surface area (TPSA) is 120 Å². The average Bonchev–Trinajstić information content (AvgIpc) is 3.51. The lowest BCUT2D eigenvalue weighted by Gasteiger charge is -2.45. The molecule has 41 heavy (non-hydrogen) atoms. The molecule has 0 aromatic carbocycles. The molecule has 8 atom stereocenters. The molecular formula is C30H54N6O5. The lowest BCUT2D eigenvalue weighted by Crippen LogP contribution is -2.63. The van der Waals surface area contributed by atoms with Crippen molar-refractivity contribution in [1.82, 2.24) is 31.1 Å². The van der Waals surface area contributed by atoms with E-state index in [-0.39, 0.29) is 30.3 Å². The number of hydrogen-bond donors (Lipinski definition) is 5. The van der Waals surface area contributed by atoms with Crippen LogP contribution in [0.3, 0.4) is 0 Å². The summed E-state index contributed by atoms with van der Waals surface area (Å²) < 4.78 is 17.4. The summed E-state index contributed by atoms with van der Waals surface area (Å²) in [6.07, 6.45) is 10.3. The second-order valence-electron chi connectivity index (χ2n) is 13.5. The van der Waals surface area contributed by atoms with E-state index in [1.807, 2.05) is 0 Å². The van der Waals surface area contributed by atoms with E-state index >= 15 is 0 Å². The molecule has 0 aromatic heterocycles. The van der Waals surface area contributed by atoms with E-state index in [9.17, 15) is 9.90 Å². The number of morpholine rings is 1. The van der Waals surface area contributed by atoms with Crippen molar-refractivity contribution in [1.29, 1.82) is 0 Å². The van der Waals surface area contributed by atoms with E-state index in [1.165, 1.54) is 32.1 Å². The van der Waals surface area contributed by atoms with Crippen LogP contribution in [-0.2, 0) is 19.0 Å². The largest absolute Gasteiger partial charge is 0.390 e. The van der Waals surface area contributed by atoms with Crippen molar-refractivity contribution in [2.24, 2.45) is 17.8 Å². The van der Waals surface area contributed by atoms with Gasteiger partial charge in [-0.15, -0.1) is 0 Å². The first-order valence-electron chi connectivity index (χ1n) is 16.5. The molecule has 2 aliphatic carbocycles. The van der Waals surface area contributed by atoms with Crippen molar-refractivity contribution in [3.63, 3.8) is 0 Å². The molecule has 2 saturated carbocycles. The highest BCUT2D eigenvalue weighted by molar-refractivity contribution is 5.78. The Morgan fingerprint density at radius 2 is 1.93 bits per heavy atom. The van der Waals surface area contributed by atoms with Crippen LogP contribution in [0.1, 0.15) is 57.8 Å². The van der Waals surface area contributed by atoms with Crippen LogP contribution in [0.15, 0.2) is 0 Å². The van der Waals surface area contributed by atoms with Crippen LogP contribution < -0.4 is 21.3 Å². The first kappa shape index (κ1) is 30.1. The van der Waals surface area contributed by atoms with Crippen LogP contribution in [0.5, 0.6) is 0 Å². The molecule has 0 aromatic rings. The average molecular weight is 579 g/mol. The smallest absolute Gasteiger partial charge is 0.223 e. The van der Waals surface area contributed by atoms with Gasteiger partial charge in [-0.25, -0.2) is 0 Å². The van der Waals surface area contributed by atoms with Crippen LogP contribution in [0.2, 0.25) is 0 Å². The fraction of sp³-hybridized carbons (Fsp3) is 0.967. The molecule has 0 bridgehead atoms. The van der Waals surface area contributed by atoms with Gasteiger partial charge < -0.3 is 29.5 Å². The fourth-order valence-corrected chi connectivity index (χ4v) is 7.85. The summed E-state index contributed by atoms with van der Waals surface area (Å²) in [7, 11) is 0. The van der Waals surface area contributed by atoms with Gasteiger partial charge in [-0.3, -0.25) is 25.6 Å². The number of aliphatic hydroxyl groups excluding tert-OH is 1. The number of β-amino-alcohol motifs (C(OH)–C–C–N with tert-alkyl or cyclic N) is 1. The van der Waals surface area contributed by atoms with E-state index in [2.05, 4.69) is 31.1 Å². The number of fused-ring (bicyclic) bond motifs is 1. The highest BCUT2D eigenvalue weighted by Gasteiger charge is 2.38. The van der Waals surface area contributed by atoms with E-state index in [0.717, 1.165) is 71.6 Å². The van der Waals surface area contributed by atoms with Crippen LogP contribution in [-0.4, -0.2) is 130 Å². The molecular weight excluding hydrogens is 524 g/mol. The van der Waals surface area contributed by atoms with Crippen LogP contribution in [0.4, 0.5) is 0 Å². The third kappa shape index (κ3) is 8.39. The molecule has 7 unspecified atom stereocenters. The molecule has 1 amide bonds. The van der Waals surface area contributed by atoms with Gasteiger partial charge in [0.2, 0.25) is 5.91 Å². The van der Waals surface area contributed by atoms with E-state index in [1.54, 1.807) is 0 Å². The Balaban J connectivity index is 0.917. The third-order valence-corrected chi connectivity index (χ3v) is 10.5. The van der Waals surface area contributed by atoms with E-state index in [4.69, 9.17) is 14.2 Å². The molecule has 4 saturated heterocycles. The Bertz CT molecular complexity index is 823. The van der Waals surface area contributed by atoms with Crippen molar-refractivity contribution in [3.05, 3.63) is 0 Å². The molecule has 5 N–H and O–H groups in total. The summed E-state index contributed by atoms with van der Waals surface area (Å²) in [5, 5.41) is 24.8. The van der Waals surface area contributed by atoms with E-state index < -0.39 is 6.10 Å². The summed E-state index contributed by atoms with van der Waals surface area (Å²) in [4.78, 5) is 18.2. The second-order valence-corrected chi connectivity index (χ2v) is 13.5. The van der Waals surface area contributed by atoms with Gasteiger partial charge in [0.15, 0.2) is 0 Å². The molecule has 11 heteroatoms. The predicted octanol–water partition coefficient (Wildman–Crippen LogP) is 0.0427. The summed E-state index contributed by atoms with van der Waals surface area (Å²) >= 11 is 0. The number of likely N-dealkylation sites (tertiary alicyclic amines) is 1. The highest BCUT2D eigenvalue weighted by atomic mass is 16.5. The number of hydrogen-bond acceptors (Lipinski definition) is 10. The van der Waals surface area contributed by atoms with Crippen LogP contribution in [0, 0.1) is 17.8 Å². The van der Waals surface area contributed by atoms with Gasteiger partial charge in [-0.05, 0) is 69.7 Å². The molecule has 6 aliphatic rings. The summed E-state index contributed by atoms with van der Waals surface area (Å²) in [5.74, 6) is 1.42. The van der Waals surface area contributed by atoms with Gasteiger partial charge in [-0.2, -0.15) is 0 Å². The van der Waals surface area contributed by atoms with Crippen molar-refractivity contribution in [3.8, 4) is 0 Å². The van der Waals surface area contributed by atoms with Crippen LogP contribution >= 0.6 is 0 Å². The zero-order valence-corrected chi connectivity index (χ0v) is 24.8. The lowest BCUT2D eigenvalue weighted by atomic mass is 9.74. The number of aliphatic hydroxyl groups is 1. The Labute approximate surface area is 245 Å². The third-order valence-electron chi connectivity index (χ3n) is 10.5. The number of rotatable bonds is 11. The van der Waals surface area contributed by atoms with E-state index in [0.29, 0.717) is 50.4 Å². The van der Waals surface area contributed by atoms with Crippen LogP contribution in [0.25, 0.3) is 0 Å². The van der Waals surface area contributed by atoms with Crippen molar-refractivity contribution in [2.75, 3.05) is 72.4 Å². The van der Waals surface area contributed by atoms with Gasteiger partial charge in [0, 0.05) is 51.2 Å². The maximum Gasteiger partial charge on any atom is 0.223 e. The predicted molar refractivity (Wildman–Crippen MR) is 155 cm³/mol. The minimum Gasteiger partial charge on any atom is -0.390 e. The maximum atomic E-state index is 13.3. The zero-order valence-electron chi connectivity index (χ0n) is 24.8. The molecule has 6 fully saturated rings. The van der Waals surface area contributed by atoms with Gasteiger partial charge in [0.25, 0.3) is 0 Å². The van der Waals surface area contributed by atoms with Gasteiger partial charge in [0.1, 0.15) is 0 Å². The highest BCUT2D eigenvalue weighted by Crippen LogP contribution is 2.37. The maximum absolute atomic E-state index is 13.3. The van der Waals surface area contributed by atoms with Gasteiger partial charge >= 0.3 is 0 Å². The standard InChI is InChI=1S/C30H54N6O5/c37-25(18-35-7-6-21-12-26(5-4-22(21)17-35)40-19-27-16-31-20-41-27)15-32-30(38)23-13-28(33-24-2-1-3-24)34-29(14-23)36-8-10-39-11-9-36/h21-29,31,33-34,37H,1-20H2,(H,32,38)/t21?,22?,23?,25-,26?,27?,28?,29?/m0/s1.